The van der Waals surface area contributed by atoms with Gasteiger partial charge in [-0.2, -0.15) is 0 Å². The molecular formula is C18H29N3. The van der Waals surface area contributed by atoms with Crippen molar-refractivity contribution in [3.63, 3.8) is 0 Å². The van der Waals surface area contributed by atoms with Crippen LogP contribution in [0.2, 0.25) is 0 Å². The summed E-state index contributed by atoms with van der Waals surface area (Å²) in [6.07, 6.45) is 6.50. The first-order valence-electron chi connectivity index (χ1n) is 8.59. The first kappa shape index (κ1) is 14.8. The van der Waals surface area contributed by atoms with Crippen LogP contribution in [-0.2, 0) is 6.54 Å². The van der Waals surface area contributed by atoms with Crippen LogP contribution in [0.25, 0.3) is 0 Å². The Labute approximate surface area is 129 Å². The zero-order valence-electron chi connectivity index (χ0n) is 13.9. The molecule has 0 radical (unpaired) electrons. The molecule has 1 N–H and O–H groups in total. The van der Waals surface area contributed by atoms with Crippen molar-refractivity contribution in [1.82, 2.24) is 10.3 Å². The van der Waals surface area contributed by atoms with Gasteiger partial charge in [-0.3, -0.25) is 0 Å². The van der Waals surface area contributed by atoms with Gasteiger partial charge in [0.2, 0.25) is 0 Å². The van der Waals surface area contributed by atoms with E-state index < -0.39 is 0 Å². The molecule has 1 saturated heterocycles. The van der Waals surface area contributed by atoms with Crippen LogP contribution in [0.5, 0.6) is 0 Å². The fourth-order valence-electron chi connectivity index (χ4n) is 3.66. The van der Waals surface area contributed by atoms with Gasteiger partial charge in [-0.05, 0) is 64.5 Å². The molecule has 1 aromatic rings. The summed E-state index contributed by atoms with van der Waals surface area (Å²) in [7, 11) is 0. The second-order valence-electron chi connectivity index (χ2n) is 6.93. The first-order valence-corrected chi connectivity index (χ1v) is 8.59. The summed E-state index contributed by atoms with van der Waals surface area (Å²) < 4.78 is 0. The summed E-state index contributed by atoms with van der Waals surface area (Å²) in [6, 6.07) is 4.25. The van der Waals surface area contributed by atoms with Gasteiger partial charge in [0, 0.05) is 35.9 Å². The molecule has 1 aromatic heterocycles. The van der Waals surface area contributed by atoms with Crippen molar-refractivity contribution < 1.29 is 0 Å². The molecule has 1 aliphatic carbocycles. The van der Waals surface area contributed by atoms with Crippen molar-refractivity contribution >= 4 is 5.82 Å². The minimum absolute atomic E-state index is 0.614. The maximum atomic E-state index is 4.95. The molecule has 2 fully saturated rings. The van der Waals surface area contributed by atoms with Crippen LogP contribution in [0.1, 0.15) is 62.8 Å². The SMILES string of the molecule is CCC1CCC(C)N1c1nc(C)cc(C)c1CNC1CC1. The molecule has 0 spiro atoms. The second kappa shape index (κ2) is 5.96. The zero-order chi connectivity index (χ0) is 15.0. The zero-order valence-corrected chi connectivity index (χ0v) is 13.9. The van der Waals surface area contributed by atoms with Crippen molar-refractivity contribution in [2.75, 3.05) is 4.90 Å². The van der Waals surface area contributed by atoms with Gasteiger partial charge in [-0.25, -0.2) is 4.98 Å². The Morgan fingerprint density at radius 2 is 2.00 bits per heavy atom. The van der Waals surface area contributed by atoms with Gasteiger partial charge in [0.05, 0.1) is 0 Å². The van der Waals surface area contributed by atoms with E-state index in [2.05, 4.69) is 44.0 Å². The molecule has 3 nitrogen and oxygen atoms in total. The van der Waals surface area contributed by atoms with Crippen LogP contribution in [0.15, 0.2) is 6.07 Å². The fourth-order valence-corrected chi connectivity index (χ4v) is 3.66. The van der Waals surface area contributed by atoms with Crippen molar-refractivity contribution in [3.8, 4) is 0 Å². The molecule has 2 aliphatic rings. The number of hydrogen-bond acceptors (Lipinski definition) is 3. The smallest absolute Gasteiger partial charge is 0.134 e. The highest BCUT2D eigenvalue weighted by atomic mass is 15.3. The normalized spacial score (nSPS) is 25.6. The van der Waals surface area contributed by atoms with Crippen molar-refractivity contribution in [2.45, 2.75) is 84.5 Å². The van der Waals surface area contributed by atoms with E-state index in [1.807, 2.05) is 0 Å². The van der Waals surface area contributed by atoms with Crippen LogP contribution in [-0.4, -0.2) is 23.1 Å². The van der Waals surface area contributed by atoms with Crippen molar-refractivity contribution in [1.29, 1.82) is 0 Å². The predicted molar refractivity (Wildman–Crippen MR) is 88.8 cm³/mol. The van der Waals surface area contributed by atoms with Gasteiger partial charge in [0.1, 0.15) is 5.82 Å². The van der Waals surface area contributed by atoms with Crippen molar-refractivity contribution in [2.24, 2.45) is 0 Å². The molecule has 21 heavy (non-hydrogen) atoms. The first-order chi connectivity index (χ1) is 10.1. The Morgan fingerprint density at radius 3 is 2.67 bits per heavy atom. The number of rotatable bonds is 5. The largest absolute Gasteiger partial charge is 0.351 e. The van der Waals surface area contributed by atoms with Crippen molar-refractivity contribution in [3.05, 3.63) is 22.9 Å². The number of pyridine rings is 1. The molecule has 3 heteroatoms. The lowest BCUT2D eigenvalue weighted by molar-refractivity contribution is 0.609. The number of nitrogens with one attached hydrogen (secondary N) is 1. The summed E-state index contributed by atoms with van der Waals surface area (Å²) in [5, 5.41) is 3.68. The summed E-state index contributed by atoms with van der Waals surface area (Å²) in [5.41, 5.74) is 3.95. The average molecular weight is 287 g/mol. The Kier molecular flexibility index (Phi) is 4.21. The maximum absolute atomic E-state index is 4.95. The highest BCUT2D eigenvalue weighted by molar-refractivity contribution is 5.54. The Morgan fingerprint density at radius 1 is 1.24 bits per heavy atom. The van der Waals surface area contributed by atoms with E-state index in [1.165, 1.54) is 49.0 Å². The summed E-state index contributed by atoms with van der Waals surface area (Å²) in [4.78, 5) is 7.55. The van der Waals surface area contributed by atoms with Crippen LogP contribution < -0.4 is 10.2 Å². The molecule has 2 heterocycles. The van der Waals surface area contributed by atoms with Gasteiger partial charge < -0.3 is 10.2 Å². The third-order valence-electron chi connectivity index (χ3n) is 5.10. The molecule has 2 unspecified atom stereocenters. The molecular weight excluding hydrogens is 258 g/mol. The molecule has 0 amide bonds. The van der Waals surface area contributed by atoms with E-state index in [4.69, 9.17) is 4.98 Å². The third kappa shape index (κ3) is 3.08. The number of aryl methyl sites for hydroxylation is 2. The van der Waals surface area contributed by atoms with Gasteiger partial charge >= 0.3 is 0 Å². The van der Waals surface area contributed by atoms with E-state index in [9.17, 15) is 0 Å². The van der Waals surface area contributed by atoms with Gasteiger partial charge in [-0.15, -0.1) is 0 Å². The van der Waals surface area contributed by atoms with Crippen LogP contribution in [0.4, 0.5) is 5.82 Å². The summed E-state index contributed by atoms with van der Waals surface area (Å²) in [6.45, 7) is 9.99. The standard InChI is InChI=1S/C18H29N3/c1-5-16-9-6-14(4)21(16)18-17(11-19-15-7-8-15)12(2)10-13(3)20-18/h10,14-16,19H,5-9,11H2,1-4H3. The number of hydrogen-bond donors (Lipinski definition) is 1. The van der Waals surface area contributed by atoms with E-state index in [0.717, 1.165) is 18.3 Å². The maximum Gasteiger partial charge on any atom is 0.134 e. The fraction of sp³-hybridized carbons (Fsp3) is 0.722. The number of nitrogens with zero attached hydrogens (tertiary/aromatic N) is 2. The minimum Gasteiger partial charge on any atom is -0.351 e. The number of aromatic nitrogens is 1. The van der Waals surface area contributed by atoms with Gasteiger partial charge in [-0.1, -0.05) is 6.92 Å². The molecule has 3 rings (SSSR count). The van der Waals surface area contributed by atoms with Crippen LogP contribution in [0, 0.1) is 13.8 Å². The second-order valence-corrected chi connectivity index (χ2v) is 6.93. The van der Waals surface area contributed by atoms with Crippen LogP contribution >= 0.6 is 0 Å². The monoisotopic (exact) mass is 287 g/mol. The molecule has 1 aliphatic heterocycles. The highest BCUT2D eigenvalue weighted by Gasteiger charge is 2.32. The van der Waals surface area contributed by atoms with Gasteiger partial charge in [0.25, 0.3) is 0 Å². The quantitative estimate of drug-likeness (QED) is 0.894. The highest BCUT2D eigenvalue weighted by Crippen LogP contribution is 2.34. The molecule has 116 valence electrons. The number of anilines is 1. The molecule has 1 saturated carbocycles. The lowest BCUT2D eigenvalue weighted by Crippen LogP contribution is -2.36. The molecule has 0 bridgehead atoms. The Hall–Kier alpha value is -1.09. The Balaban J connectivity index is 1.94. The lowest BCUT2D eigenvalue weighted by atomic mass is 10.1. The van der Waals surface area contributed by atoms with Crippen LogP contribution in [0.3, 0.4) is 0 Å². The minimum atomic E-state index is 0.614. The summed E-state index contributed by atoms with van der Waals surface area (Å²) >= 11 is 0. The molecule has 0 aromatic carbocycles. The van der Waals surface area contributed by atoms with Gasteiger partial charge in [0.15, 0.2) is 0 Å². The topological polar surface area (TPSA) is 28.2 Å². The van der Waals surface area contributed by atoms with E-state index >= 15 is 0 Å². The third-order valence-corrected chi connectivity index (χ3v) is 5.10. The van der Waals surface area contributed by atoms with E-state index in [0.29, 0.717) is 12.1 Å². The van der Waals surface area contributed by atoms with E-state index in [-0.39, 0.29) is 0 Å². The predicted octanol–water partition coefficient (Wildman–Crippen LogP) is 3.72. The molecule has 2 atom stereocenters. The Bertz CT molecular complexity index is 507. The average Bonchev–Trinajstić information content (AvgIpc) is 3.19. The lowest BCUT2D eigenvalue weighted by Gasteiger charge is -2.32. The van der Waals surface area contributed by atoms with E-state index in [1.54, 1.807) is 0 Å². The summed E-state index contributed by atoms with van der Waals surface area (Å²) in [5.74, 6) is 1.25.